The number of aliphatic carboxylic acids is 1. The average Bonchev–Trinajstić information content (AvgIpc) is 2.39. The molecule has 2 N–H and O–H groups in total. The van der Waals surface area contributed by atoms with Crippen LogP contribution in [0.2, 0.25) is 0 Å². The van der Waals surface area contributed by atoms with E-state index >= 15 is 0 Å². The molecule has 0 aliphatic heterocycles. The number of hydrogen-bond acceptors (Lipinski definition) is 3. The van der Waals surface area contributed by atoms with Crippen molar-refractivity contribution >= 4 is 12.3 Å². The molecule has 0 fully saturated rings. The van der Waals surface area contributed by atoms with Crippen LogP contribution in [0.5, 0.6) is 0 Å². The highest BCUT2D eigenvalue weighted by Gasteiger charge is 2.23. The van der Waals surface area contributed by atoms with E-state index in [9.17, 15) is 14.7 Å². The third kappa shape index (κ3) is 5.22. The largest absolute Gasteiger partial charge is 0.480 e. The summed E-state index contributed by atoms with van der Waals surface area (Å²) in [6.45, 7) is 3.72. The van der Waals surface area contributed by atoms with E-state index in [-0.39, 0.29) is 5.92 Å². The average molecular weight is 262 g/mol. The Labute approximate surface area is 113 Å². The Bertz CT molecular complexity index is 403. The first-order chi connectivity index (χ1) is 9.04. The normalized spacial score (nSPS) is 14.1. The summed E-state index contributed by atoms with van der Waals surface area (Å²) in [6, 6.07) is 8.43. The van der Waals surface area contributed by atoms with E-state index in [1.807, 2.05) is 50.5 Å². The quantitative estimate of drug-likeness (QED) is 0.749. The molecule has 103 valence electrons. The van der Waals surface area contributed by atoms with Crippen LogP contribution in [0.4, 0.5) is 0 Å². The van der Waals surface area contributed by atoms with E-state index in [1.165, 1.54) is 0 Å². The lowest BCUT2D eigenvalue weighted by molar-refractivity contribution is -0.139. The Hall–Kier alpha value is -1.68. The minimum atomic E-state index is -0.933. The highest BCUT2D eigenvalue weighted by atomic mass is 16.4. The summed E-state index contributed by atoms with van der Waals surface area (Å²) in [5.41, 5.74) is 1.09. The highest BCUT2D eigenvalue weighted by Crippen LogP contribution is 2.08. The van der Waals surface area contributed by atoms with E-state index < -0.39 is 18.1 Å². The van der Waals surface area contributed by atoms with Crippen molar-refractivity contribution < 1.29 is 14.7 Å². The fourth-order valence-electron chi connectivity index (χ4n) is 1.81. The van der Waals surface area contributed by atoms with Crippen LogP contribution in [0, 0.1) is 5.92 Å². The SMILES string of the molecule is CC(C)[C@@H]([C]=O)NC(CCc1ccccc1)C(=O)O. The number of nitrogens with one attached hydrogen (secondary N) is 1. The summed E-state index contributed by atoms with van der Waals surface area (Å²) in [5, 5.41) is 12.0. The van der Waals surface area contributed by atoms with E-state index in [0.29, 0.717) is 12.8 Å². The van der Waals surface area contributed by atoms with Crippen LogP contribution in [0.3, 0.4) is 0 Å². The molecule has 1 aromatic rings. The van der Waals surface area contributed by atoms with Crippen molar-refractivity contribution in [1.82, 2.24) is 5.32 Å². The molecule has 0 saturated heterocycles. The maximum absolute atomic E-state index is 11.2. The third-order valence-electron chi connectivity index (χ3n) is 3.04. The third-order valence-corrected chi connectivity index (χ3v) is 3.04. The molecule has 19 heavy (non-hydrogen) atoms. The van der Waals surface area contributed by atoms with Gasteiger partial charge in [-0.05, 0) is 24.3 Å². The van der Waals surface area contributed by atoms with Gasteiger partial charge in [0.25, 0.3) is 0 Å². The molecule has 0 spiro atoms. The van der Waals surface area contributed by atoms with Crippen LogP contribution in [-0.4, -0.2) is 29.4 Å². The van der Waals surface area contributed by atoms with Crippen molar-refractivity contribution in [3.05, 3.63) is 35.9 Å². The molecule has 0 heterocycles. The molecule has 1 unspecified atom stereocenters. The second kappa shape index (κ2) is 7.69. The lowest BCUT2D eigenvalue weighted by atomic mass is 10.0. The molecule has 0 bridgehead atoms. The van der Waals surface area contributed by atoms with Crippen molar-refractivity contribution in [1.29, 1.82) is 0 Å². The summed E-state index contributed by atoms with van der Waals surface area (Å²) >= 11 is 0. The Morgan fingerprint density at radius 1 is 1.32 bits per heavy atom. The fourth-order valence-corrected chi connectivity index (χ4v) is 1.81. The second-order valence-electron chi connectivity index (χ2n) is 4.92. The number of carboxylic acid groups (broad SMARTS) is 1. The van der Waals surface area contributed by atoms with Crippen molar-refractivity contribution in [2.75, 3.05) is 0 Å². The summed E-state index contributed by atoms with van der Waals surface area (Å²) in [7, 11) is 0. The molecular weight excluding hydrogens is 242 g/mol. The molecule has 0 amide bonds. The van der Waals surface area contributed by atoms with Gasteiger partial charge in [0, 0.05) is 0 Å². The summed E-state index contributed by atoms with van der Waals surface area (Å²) in [6.07, 6.45) is 2.97. The molecule has 0 aromatic heterocycles. The maximum Gasteiger partial charge on any atom is 0.320 e. The van der Waals surface area contributed by atoms with Gasteiger partial charge in [0.05, 0.1) is 6.04 Å². The van der Waals surface area contributed by atoms with Crippen molar-refractivity contribution in [2.24, 2.45) is 5.92 Å². The van der Waals surface area contributed by atoms with E-state index in [1.54, 1.807) is 0 Å². The van der Waals surface area contributed by atoms with Crippen LogP contribution < -0.4 is 5.32 Å². The highest BCUT2D eigenvalue weighted by molar-refractivity contribution is 5.74. The molecule has 1 aromatic carbocycles. The lowest BCUT2D eigenvalue weighted by Crippen LogP contribution is -2.46. The Morgan fingerprint density at radius 3 is 2.42 bits per heavy atom. The summed E-state index contributed by atoms with van der Waals surface area (Å²) in [5.74, 6) is -0.909. The van der Waals surface area contributed by atoms with Gasteiger partial charge in [0.15, 0.2) is 0 Å². The van der Waals surface area contributed by atoms with Crippen molar-refractivity contribution in [2.45, 2.75) is 38.8 Å². The molecule has 4 heteroatoms. The number of rotatable bonds is 8. The monoisotopic (exact) mass is 262 g/mol. The van der Waals surface area contributed by atoms with Gasteiger partial charge in [-0.15, -0.1) is 0 Å². The Kier molecular flexibility index (Phi) is 6.22. The Morgan fingerprint density at radius 2 is 1.95 bits per heavy atom. The molecule has 0 saturated carbocycles. The number of carbonyl (C=O) groups excluding carboxylic acids is 1. The smallest absolute Gasteiger partial charge is 0.320 e. The van der Waals surface area contributed by atoms with Crippen LogP contribution in [0.1, 0.15) is 25.8 Å². The van der Waals surface area contributed by atoms with E-state index in [4.69, 9.17) is 0 Å². The zero-order valence-electron chi connectivity index (χ0n) is 11.3. The van der Waals surface area contributed by atoms with E-state index in [2.05, 4.69) is 5.32 Å². The van der Waals surface area contributed by atoms with Gasteiger partial charge in [-0.3, -0.25) is 14.9 Å². The summed E-state index contributed by atoms with van der Waals surface area (Å²) < 4.78 is 0. The van der Waals surface area contributed by atoms with E-state index in [0.717, 1.165) is 5.56 Å². The maximum atomic E-state index is 11.2. The van der Waals surface area contributed by atoms with Gasteiger partial charge in [-0.1, -0.05) is 44.2 Å². The van der Waals surface area contributed by atoms with Crippen molar-refractivity contribution in [3.8, 4) is 0 Å². The number of carboxylic acids is 1. The van der Waals surface area contributed by atoms with Gasteiger partial charge < -0.3 is 5.11 Å². The minimum absolute atomic E-state index is 0.0241. The van der Waals surface area contributed by atoms with Gasteiger partial charge in [0.2, 0.25) is 6.29 Å². The molecular formula is C15H20NO3. The number of benzene rings is 1. The lowest BCUT2D eigenvalue weighted by Gasteiger charge is -2.21. The van der Waals surface area contributed by atoms with Crippen LogP contribution in [0.25, 0.3) is 0 Å². The van der Waals surface area contributed by atoms with Crippen LogP contribution in [0.15, 0.2) is 30.3 Å². The standard InChI is InChI=1S/C15H20NO3/c1-11(2)14(10-17)16-13(15(18)19)9-8-12-6-4-3-5-7-12/h3-7,11,13-14,16H,8-9H2,1-2H3,(H,18,19)/t13?,14-/m1/s1. The van der Waals surface area contributed by atoms with Gasteiger partial charge in [-0.2, -0.15) is 0 Å². The predicted octanol–water partition coefficient (Wildman–Crippen LogP) is 1.80. The molecule has 2 atom stereocenters. The first-order valence-electron chi connectivity index (χ1n) is 6.45. The number of carbonyl (C=O) groups is 1. The van der Waals surface area contributed by atoms with Gasteiger partial charge >= 0.3 is 5.97 Å². The van der Waals surface area contributed by atoms with Gasteiger partial charge in [-0.25, -0.2) is 0 Å². The minimum Gasteiger partial charge on any atom is -0.480 e. The molecule has 1 radical (unpaired) electrons. The van der Waals surface area contributed by atoms with Crippen LogP contribution >= 0.6 is 0 Å². The first-order valence-corrected chi connectivity index (χ1v) is 6.45. The predicted molar refractivity (Wildman–Crippen MR) is 73.6 cm³/mol. The van der Waals surface area contributed by atoms with Crippen molar-refractivity contribution in [3.63, 3.8) is 0 Å². The van der Waals surface area contributed by atoms with Crippen LogP contribution in [-0.2, 0) is 16.0 Å². The van der Waals surface area contributed by atoms with Gasteiger partial charge in [0.1, 0.15) is 6.04 Å². The fraction of sp³-hybridized carbons (Fsp3) is 0.467. The first kappa shape index (κ1) is 15.4. The molecule has 0 aliphatic rings. The molecule has 0 aliphatic carbocycles. The molecule has 1 rings (SSSR count). The zero-order chi connectivity index (χ0) is 14.3. The zero-order valence-corrected chi connectivity index (χ0v) is 11.3. The molecule has 4 nitrogen and oxygen atoms in total. The number of aryl methyl sites for hydroxylation is 1. The number of hydrogen-bond donors (Lipinski definition) is 2. The topological polar surface area (TPSA) is 66.4 Å². The second-order valence-corrected chi connectivity index (χ2v) is 4.92. The Balaban J connectivity index is 2.58. The summed E-state index contributed by atoms with van der Waals surface area (Å²) in [4.78, 5) is 22.0.